The van der Waals surface area contributed by atoms with Gasteiger partial charge in [-0.25, -0.2) is 4.79 Å². The molecular formula is C22H31NO8. The van der Waals surface area contributed by atoms with Crippen LogP contribution in [0.25, 0.3) is 0 Å². The Morgan fingerprint density at radius 3 is 2.00 bits per heavy atom. The number of carboxylic acids is 1. The Morgan fingerprint density at radius 1 is 1.00 bits per heavy atom. The molecule has 0 saturated heterocycles. The minimum absolute atomic E-state index is 0.00735. The first-order valence-electron chi connectivity index (χ1n) is 10.3. The Kier molecular flexibility index (Phi) is 10.1. The number of rotatable bonds is 12. The van der Waals surface area contributed by atoms with E-state index in [0.717, 1.165) is 6.92 Å². The molecule has 0 fully saturated rings. The number of nitrogens with one attached hydrogen (secondary N) is 1. The number of carbonyl (C=O) groups is 4. The Morgan fingerprint density at radius 2 is 1.55 bits per heavy atom. The molecule has 1 aromatic rings. The Bertz CT molecular complexity index is 805. The maximum atomic E-state index is 12.0. The molecule has 9 nitrogen and oxygen atoms in total. The predicted molar refractivity (Wildman–Crippen MR) is 112 cm³/mol. The Balaban J connectivity index is 3.35. The highest BCUT2D eigenvalue weighted by atomic mass is 16.6. The highest BCUT2D eigenvalue weighted by Crippen LogP contribution is 2.31. The molecule has 1 aromatic carbocycles. The van der Waals surface area contributed by atoms with E-state index < -0.39 is 29.6 Å². The van der Waals surface area contributed by atoms with Crippen LogP contribution in [0.5, 0.6) is 11.5 Å². The number of ether oxygens (including phenoxy) is 3. The highest BCUT2D eigenvalue weighted by molar-refractivity contribution is 5.81. The molecule has 0 unspecified atom stereocenters. The Hall–Kier alpha value is -2.94. The van der Waals surface area contributed by atoms with Gasteiger partial charge in [-0.15, -0.1) is 0 Å². The van der Waals surface area contributed by atoms with Gasteiger partial charge in [0.2, 0.25) is 0 Å². The van der Waals surface area contributed by atoms with E-state index in [2.05, 4.69) is 5.32 Å². The highest BCUT2D eigenvalue weighted by Gasteiger charge is 2.43. The quantitative estimate of drug-likeness (QED) is 0.288. The van der Waals surface area contributed by atoms with Gasteiger partial charge in [0.05, 0.1) is 0 Å². The first kappa shape index (κ1) is 26.1. The van der Waals surface area contributed by atoms with Crippen molar-refractivity contribution >= 4 is 23.9 Å². The van der Waals surface area contributed by atoms with Gasteiger partial charge in [-0.2, -0.15) is 0 Å². The molecule has 172 valence electrons. The van der Waals surface area contributed by atoms with E-state index in [1.54, 1.807) is 13.8 Å². The van der Waals surface area contributed by atoms with Gasteiger partial charge < -0.3 is 19.3 Å². The smallest absolute Gasteiger partial charge is 0.364 e. The summed E-state index contributed by atoms with van der Waals surface area (Å²) in [5.41, 5.74) is -1.63. The minimum Gasteiger partial charge on any atom is -0.477 e. The second kappa shape index (κ2) is 12.0. The lowest BCUT2D eigenvalue weighted by Gasteiger charge is -2.32. The number of hydrogen-bond donors (Lipinski definition) is 2. The molecule has 2 N–H and O–H groups in total. The first-order chi connectivity index (χ1) is 14.5. The summed E-state index contributed by atoms with van der Waals surface area (Å²) in [6.07, 6.45) is 1.26. The summed E-state index contributed by atoms with van der Waals surface area (Å²) in [6.45, 7) is 8.20. The lowest BCUT2D eigenvalue weighted by Crippen LogP contribution is -2.59. The lowest BCUT2D eigenvalue weighted by molar-refractivity contribution is -0.182. The van der Waals surface area contributed by atoms with E-state index in [9.17, 15) is 24.3 Å². The van der Waals surface area contributed by atoms with Crippen LogP contribution in [0.2, 0.25) is 0 Å². The lowest BCUT2D eigenvalue weighted by atomic mass is 10.0. The van der Waals surface area contributed by atoms with Crippen LogP contribution in [0, 0.1) is 0 Å². The van der Waals surface area contributed by atoms with Gasteiger partial charge in [0, 0.05) is 32.2 Å². The molecule has 0 aromatic heterocycles. The monoisotopic (exact) mass is 437 g/mol. The molecule has 0 spiro atoms. The van der Waals surface area contributed by atoms with Crippen LogP contribution in [-0.4, -0.2) is 40.8 Å². The molecule has 9 heteroatoms. The van der Waals surface area contributed by atoms with E-state index in [1.165, 1.54) is 18.2 Å². The van der Waals surface area contributed by atoms with Gasteiger partial charge in [-0.1, -0.05) is 19.9 Å². The summed E-state index contributed by atoms with van der Waals surface area (Å²) >= 11 is 0. The van der Waals surface area contributed by atoms with Gasteiger partial charge in [0.1, 0.15) is 0 Å². The zero-order chi connectivity index (χ0) is 23.6. The predicted octanol–water partition coefficient (Wildman–Crippen LogP) is 2.98. The van der Waals surface area contributed by atoms with Gasteiger partial charge in [0.25, 0.3) is 5.72 Å². The van der Waals surface area contributed by atoms with Crippen LogP contribution in [0.3, 0.4) is 0 Å². The first-order valence-corrected chi connectivity index (χ1v) is 10.3. The van der Waals surface area contributed by atoms with Gasteiger partial charge in [0.15, 0.2) is 11.5 Å². The number of esters is 3. The molecule has 0 aliphatic rings. The van der Waals surface area contributed by atoms with Crippen molar-refractivity contribution in [1.29, 1.82) is 0 Å². The number of benzene rings is 1. The summed E-state index contributed by atoms with van der Waals surface area (Å²) in [5, 5.41) is 12.6. The van der Waals surface area contributed by atoms with Crippen molar-refractivity contribution < 1.29 is 38.5 Å². The molecule has 0 radical (unpaired) electrons. The van der Waals surface area contributed by atoms with Crippen molar-refractivity contribution in [3.05, 3.63) is 23.8 Å². The average molecular weight is 437 g/mol. The molecule has 1 rings (SSSR count). The van der Waals surface area contributed by atoms with Crippen LogP contribution < -0.4 is 14.8 Å². The number of carboxylic acid groups (broad SMARTS) is 1. The third-order valence-corrected chi connectivity index (χ3v) is 4.00. The number of carbonyl (C=O) groups excluding carboxylic acids is 3. The summed E-state index contributed by atoms with van der Waals surface area (Å²) in [6, 6.07) is 4.04. The molecule has 0 heterocycles. The van der Waals surface area contributed by atoms with Gasteiger partial charge in [-0.05, 0) is 44.4 Å². The van der Waals surface area contributed by atoms with E-state index >= 15 is 0 Å². The summed E-state index contributed by atoms with van der Waals surface area (Å²) in [5.74, 6) is -3.10. The number of hydrogen-bond acceptors (Lipinski definition) is 8. The van der Waals surface area contributed by atoms with Crippen molar-refractivity contribution in [3.8, 4) is 11.5 Å². The van der Waals surface area contributed by atoms with E-state index in [0.29, 0.717) is 18.4 Å². The minimum atomic E-state index is -2.02. The standard InChI is InChI=1S/C22H31NO8/c1-6-8-19(25)29-17-11-10-16(12-18(17)30-20(26)9-7-2)13-22(21(27)28,23-14(3)4)31-15(5)24/h10-12,14,23H,6-9,13H2,1-5H3,(H,27,28)/t22-/m0/s1. The summed E-state index contributed by atoms with van der Waals surface area (Å²) < 4.78 is 15.8. The van der Waals surface area contributed by atoms with Crippen molar-refractivity contribution in [3.63, 3.8) is 0 Å². The molecule has 0 aliphatic carbocycles. The van der Waals surface area contributed by atoms with Crippen LogP contribution in [0.15, 0.2) is 18.2 Å². The second-order valence-electron chi connectivity index (χ2n) is 7.43. The third-order valence-electron chi connectivity index (χ3n) is 4.00. The van der Waals surface area contributed by atoms with Crippen molar-refractivity contribution in [1.82, 2.24) is 5.32 Å². The second-order valence-corrected chi connectivity index (χ2v) is 7.43. The average Bonchev–Trinajstić information content (AvgIpc) is 2.63. The fourth-order valence-electron chi connectivity index (χ4n) is 2.88. The molecule has 0 amide bonds. The fraction of sp³-hybridized carbons (Fsp3) is 0.545. The zero-order valence-electron chi connectivity index (χ0n) is 18.6. The van der Waals surface area contributed by atoms with Crippen LogP contribution in [-0.2, 0) is 30.3 Å². The summed E-state index contributed by atoms with van der Waals surface area (Å²) in [7, 11) is 0. The summed E-state index contributed by atoms with van der Waals surface area (Å²) in [4.78, 5) is 47.6. The van der Waals surface area contributed by atoms with Crippen LogP contribution in [0.4, 0.5) is 0 Å². The topological polar surface area (TPSA) is 128 Å². The zero-order valence-corrected chi connectivity index (χ0v) is 18.6. The normalized spacial score (nSPS) is 12.7. The number of aliphatic carboxylic acids is 1. The molecular weight excluding hydrogens is 406 g/mol. The van der Waals surface area contributed by atoms with Crippen molar-refractivity contribution in [2.45, 2.75) is 78.5 Å². The third kappa shape index (κ3) is 8.37. The van der Waals surface area contributed by atoms with Crippen LogP contribution in [0.1, 0.15) is 65.9 Å². The fourth-order valence-corrected chi connectivity index (χ4v) is 2.88. The molecule has 0 bridgehead atoms. The molecule has 0 aliphatic heterocycles. The molecule has 31 heavy (non-hydrogen) atoms. The van der Waals surface area contributed by atoms with E-state index in [1.807, 2.05) is 13.8 Å². The van der Waals surface area contributed by atoms with Gasteiger partial charge >= 0.3 is 23.9 Å². The van der Waals surface area contributed by atoms with Gasteiger partial charge in [-0.3, -0.25) is 19.7 Å². The van der Waals surface area contributed by atoms with E-state index in [-0.39, 0.29) is 36.8 Å². The van der Waals surface area contributed by atoms with Crippen molar-refractivity contribution in [2.24, 2.45) is 0 Å². The van der Waals surface area contributed by atoms with Crippen molar-refractivity contribution in [2.75, 3.05) is 0 Å². The van der Waals surface area contributed by atoms with Crippen LogP contribution >= 0.6 is 0 Å². The van der Waals surface area contributed by atoms with E-state index in [4.69, 9.17) is 14.2 Å². The Labute approximate surface area is 182 Å². The maximum Gasteiger partial charge on any atom is 0.364 e. The molecule has 1 atom stereocenters. The molecule has 0 saturated carbocycles. The largest absolute Gasteiger partial charge is 0.477 e. The maximum absolute atomic E-state index is 12.0. The SMILES string of the molecule is CCCC(=O)Oc1ccc(C[C@](NC(C)C)(OC(C)=O)C(=O)O)cc1OC(=O)CCC.